The van der Waals surface area contributed by atoms with E-state index in [1.165, 1.54) is 19.2 Å². The topological polar surface area (TPSA) is 83.6 Å². The molecule has 1 heterocycles. The number of esters is 1. The van der Waals surface area contributed by atoms with E-state index in [0.29, 0.717) is 12.1 Å². The highest BCUT2D eigenvalue weighted by atomic mass is 35.5. The van der Waals surface area contributed by atoms with Crippen LogP contribution in [-0.2, 0) is 11.3 Å². The van der Waals surface area contributed by atoms with Gasteiger partial charge in [0.1, 0.15) is 11.3 Å². The molecular weight excluding hydrogens is 404 g/mol. The van der Waals surface area contributed by atoms with Gasteiger partial charge in [-0.2, -0.15) is 0 Å². The van der Waals surface area contributed by atoms with E-state index in [2.05, 4.69) is 4.57 Å². The molecule has 0 fully saturated rings. The number of hydrogen-bond acceptors (Lipinski definition) is 5. The molecule has 0 unspecified atom stereocenters. The van der Waals surface area contributed by atoms with Gasteiger partial charge in [-0.3, -0.25) is 4.79 Å². The lowest BCUT2D eigenvalue weighted by molar-refractivity contribution is 0.0471. The summed E-state index contributed by atoms with van der Waals surface area (Å²) >= 11 is 5.99. The Balaban J connectivity index is 1.73. The number of halogens is 1. The summed E-state index contributed by atoms with van der Waals surface area (Å²) in [5, 5.41) is 0.207. The molecule has 0 saturated carbocycles. The Hall–Kier alpha value is -3.25. The number of nitrogens with two attached hydrogens (primary N) is 1. The van der Waals surface area contributed by atoms with Gasteiger partial charge in [-0.15, -0.1) is 0 Å². The number of carbonyl (C=O) groups is 2. The van der Waals surface area contributed by atoms with Crippen molar-refractivity contribution in [3.05, 3.63) is 81.6 Å². The van der Waals surface area contributed by atoms with E-state index >= 15 is 0 Å². The number of ketones is 1. The summed E-state index contributed by atoms with van der Waals surface area (Å²) in [7, 11) is 1.41. The smallest absolute Gasteiger partial charge is 0.342 e. The van der Waals surface area contributed by atoms with Crippen LogP contribution in [0.3, 0.4) is 0 Å². The maximum atomic E-state index is 12.7. The first-order valence-electron chi connectivity index (χ1n) is 9.35. The molecule has 0 saturated heterocycles. The SMILES string of the molecule is COc1cc(N)c(Cl)cc1C(=O)OCC(=O)c1cc(C)n(Cc2ccccc2)c1C. The van der Waals surface area contributed by atoms with Crippen LogP contribution in [0.15, 0.2) is 48.5 Å². The van der Waals surface area contributed by atoms with Crippen molar-refractivity contribution in [3.8, 4) is 5.75 Å². The van der Waals surface area contributed by atoms with Gasteiger partial charge in [0, 0.05) is 29.6 Å². The van der Waals surface area contributed by atoms with Crippen LogP contribution in [-0.4, -0.2) is 30.0 Å². The quantitative estimate of drug-likeness (QED) is 0.343. The summed E-state index contributed by atoms with van der Waals surface area (Å²) in [5.74, 6) is -0.758. The normalized spacial score (nSPS) is 10.7. The van der Waals surface area contributed by atoms with Gasteiger partial charge in [-0.05, 0) is 31.5 Å². The predicted molar refractivity (Wildman–Crippen MR) is 116 cm³/mol. The second-order valence-corrected chi connectivity index (χ2v) is 7.34. The second-order valence-electron chi connectivity index (χ2n) is 6.93. The number of carbonyl (C=O) groups excluding carboxylic acids is 2. The third-order valence-electron chi connectivity index (χ3n) is 4.93. The first-order valence-corrected chi connectivity index (χ1v) is 9.73. The Bertz CT molecular complexity index is 1090. The van der Waals surface area contributed by atoms with E-state index in [4.69, 9.17) is 26.8 Å². The van der Waals surface area contributed by atoms with Crippen molar-refractivity contribution in [1.82, 2.24) is 4.57 Å². The molecule has 1 aromatic heterocycles. The van der Waals surface area contributed by atoms with Gasteiger partial charge in [0.2, 0.25) is 5.78 Å². The summed E-state index contributed by atoms with van der Waals surface area (Å²) in [6, 6.07) is 14.6. The number of Topliss-reactive ketones (excluding diaryl/α,β-unsaturated/α-hetero) is 1. The highest BCUT2D eigenvalue weighted by Gasteiger charge is 2.20. The molecule has 156 valence electrons. The third-order valence-corrected chi connectivity index (χ3v) is 5.26. The van der Waals surface area contributed by atoms with E-state index in [1.807, 2.05) is 50.2 Å². The molecule has 2 aromatic carbocycles. The fraction of sp³-hybridized carbons (Fsp3) is 0.217. The molecule has 3 rings (SSSR count). The Morgan fingerprint density at radius 3 is 2.43 bits per heavy atom. The van der Waals surface area contributed by atoms with Crippen LogP contribution in [0.4, 0.5) is 5.69 Å². The number of aromatic nitrogens is 1. The van der Waals surface area contributed by atoms with Gasteiger partial charge in [-0.25, -0.2) is 4.79 Å². The molecule has 0 amide bonds. The average molecular weight is 427 g/mol. The summed E-state index contributed by atoms with van der Waals surface area (Å²) in [4.78, 5) is 25.2. The Morgan fingerprint density at radius 2 is 1.77 bits per heavy atom. The van der Waals surface area contributed by atoms with Crippen LogP contribution in [0.1, 0.15) is 37.7 Å². The number of anilines is 1. The molecule has 0 aliphatic heterocycles. The lowest BCUT2D eigenvalue weighted by atomic mass is 10.1. The minimum absolute atomic E-state index is 0.110. The maximum absolute atomic E-state index is 12.7. The molecule has 2 N–H and O–H groups in total. The van der Waals surface area contributed by atoms with Crippen LogP contribution in [0.2, 0.25) is 5.02 Å². The molecule has 0 aliphatic rings. The highest BCUT2D eigenvalue weighted by molar-refractivity contribution is 6.33. The van der Waals surface area contributed by atoms with Crippen LogP contribution < -0.4 is 10.5 Å². The fourth-order valence-corrected chi connectivity index (χ4v) is 3.44. The summed E-state index contributed by atoms with van der Waals surface area (Å²) in [6.07, 6.45) is 0. The molecule has 0 bridgehead atoms. The molecule has 0 atom stereocenters. The first kappa shape index (κ1) is 21.5. The van der Waals surface area contributed by atoms with Crippen molar-refractivity contribution in [2.45, 2.75) is 20.4 Å². The van der Waals surface area contributed by atoms with Crippen molar-refractivity contribution < 1.29 is 19.1 Å². The van der Waals surface area contributed by atoms with Crippen molar-refractivity contribution in [1.29, 1.82) is 0 Å². The molecule has 0 aliphatic carbocycles. The highest BCUT2D eigenvalue weighted by Crippen LogP contribution is 2.29. The molecule has 0 spiro atoms. The lowest BCUT2D eigenvalue weighted by Gasteiger charge is -2.11. The number of rotatable bonds is 7. The van der Waals surface area contributed by atoms with E-state index in [0.717, 1.165) is 17.0 Å². The van der Waals surface area contributed by atoms with E-state index in [-0.39, 0.29) is 34.4 Å². The molecular formula is C23H23ClN2O4. The number of benzene rings is 2. The van der Waals surface area contributed by atoms with Crippen molar-refractivity contribution >= 4 is 29.0 Å². The molecule has 30 heavy (non-hydrogen) atoms. The summed E-state index contributed by atoms with van der Waals surface area (Å²) in [6.45, 7) is 4.10. The zero-order chi connectivity index (χ0) is 21.8. The number of nitrogen functional groups attached to an aromatic ring is 1. The largest absolute Gasteiger partial charge is 0.496 e. The van der Waals surface area contributed by atoms with Gasteiger partial charge in [0.25, 0.3) is 0 Å². The fourth-order valence-electron chi connectivity index (χ4n) is 3.28. The molecule has 7 heteroatoms. The van der Waals surface area contributed by atoms with Crippen LogP contribution in [0, 0.1) is 13.8 Å². The average Bonchev–Trinajstić information content (AvgIpc) is 3.02. The van der Waals surface area contributed by atoms with Crippen LogP contribution >= 0.6 is 11.6 Å². The van der Waals surface area contributed by atoms with Gasteiger partial charge in [0.15, 0.2) is 6.61 Å². The van der Waals surface area contributed by atoms with Gasteiger partial charge in [0.05, 0.1) is 17.8 Å². The zero-order valence-electron chi connectivity index (χ0n) is 17.1. The van der Waals surface area contributed by atoms with E-state index < -0.39 is 5.97 Å². The monoisotopic (exact) mass is 426 g/mol. The van der Waals surface area contributed by atoms with Crippen LogP contribution in [0.5, 0.6) is 5.75 Å². The Kier molecular flexibility index (Phi) is 6.47. The zero-order valence-corrected chi connectivity index (χ0v) is 17.8. The molecule has 3 aromatic rings. The minimum Gasteiger partial charge on any atom is -0.496 e. The molecule has 0 radical (unpaired) electrons. The first-order chi connectivity index (χ1) is 14.3. The van der Waals surface area contributed by atoms with Crippen molar-refractivity contribution in [2.24, 2.45) is 0 Å². The van der Waals surface area contributed by atoms with E-state index in [9.17, 15) is 9.59 Å². The van der Waals surface area contributed by atoms with Gasteiger partial charge < -0.3 is 19.8 Å². The van der Waals surface area contributed by atoms with Crippen molar-refractivity contribution in [2.75, 3.05) is 19.5 Å². The predicted octanol–water partition coefficient (Wildman–Crippen LogP) is 4.44. The number of nitrogens with zero attached hydrogens (tertiary/aromatic N) is 1. The summed E-state index contributed by atoms with van der Waals surface area (Å²) in [5.41, 5.74) is 9.57. The number of hydrogen-bond donors (Lipinski definition) is 1. The Labute approximate surface area is 180 Å². The third kappa shape index (κ3) is 4.49. The summed E-state index contributed by atoms with van der Waals surface area (Å²) < 4.78 is 12.5. The van der Waals surface area contributed by atoms with Gasteiger partial charge >= 0.3 is 5.97 Å². The number of methoxy groups -OCH3 is 1. The Morgan fingerprint density at radius 1 is 1.07 bits per heavy atom. The van der Waals surface area contributed by atoms with Gasteiger partial charge in [-0.1, -0.05) is 41.9 Å². The minimum atomic E-state index is -0.708. The standard InChI is InChI=1S/C23H23ClN2O4/c1-14-9-17(15(2)26(14)12-16-7-5-4-6-8-16)21(27)13-30-23(28)18-10-19(24)20(25)11-22(18)29-3/h4-11H,12-13,25H2,1-3H3. The van der Waals surface area contributed by atoms with Crippen LogP contribution in [0.25, 0.3) is 0 Å². The molecule has 6 nitrogen and oxygen atoms in total. The van der Waals surface area contributed by atoms with E-state index in [1.54, 1.807) is 0 Å². The second kappa shape index (κ2) is 9.05. The lowest BCUT2D eigenvalue weighted by Crippen LogP contribution is -2.16. The van der Waals surface area contributed by atoms with Crippen molar-refractivity contribution in [3.63, 3.8) is 0 Å². The number of aryl methyl sites for hydroxylation is 1. The number of ether oxygens (including phenoxy) is 2. The maximum Gasteiger partial charge on any atom is 0.342 e.